The molecule has 0 radical (unpaired) electrons. The fraction of sp³-hybridized carbons (Fsp3) is 0.273. The molecule has 0 unspecified atom stereocenters. The fourth-order valence-corrected chi connectivity index (χ4v) is 3.20. The first-order chi connectivity index (χ1) is 13.9. The van der Waals surface area contributed by atoms with E-state index < -0.39 is 23.7 Å². The van der Waals surface area contributed by atoms with Gasteiger partial charge in [0, 0.05) is 24.1 Å². The van der Waals surface area contributed by atoms with Crippen LogP contribution in [0, 0.1) is 0 Å². The number of aryl methyl sites for hydroxylation is 1. The van der Waals surface area contributed by atoms with Crippen LogP contribution >= 0.6 is 11.6 Å². The minimum Gasteiger partial charge on any atom is -0.479 e. The van der Waals surface area contributed by atoms with E-state index in [0.29, 0.717) is 22.6 Å². The maximum absolute atomic E-state index is 12.3. The quantitative estimate of drug-likeness (QED) is 0.575. The Labute approximate surface area is 173 Å². The van der Waals surface area contributed by atoms with E-state index in [-0.39, 0.29) is 12.3 Å². The number of aliphatic hydroxyl groups is 1. The molecule has 0 fully saturated rings. The number of benzene rings is 2. The zero-order chi connectivity index (χ0) is 21.0. The Bertz CT molecular complexity index is 1060. The van der Waals surface area contributed by atoms with Crippen LogP contribution in [0.5, 0.6) is 5.75 Å². The van der Waals surface area contributed by atoms with Crippen molar-refractivity contribution in [2.75, 3.05) is 6.54 Å². The van der Waals surface area contributed by atoms with E-state index in [1.807, 2.05) is 25.1 Å². The van der Waals surface area contributed by atoms with Crippen molar-refractivity contribution >= 4 is 28.5 Å². The number of fused-ring (bicyclic) bond motifs is 1. The second kappa shape index (κ2) is 9.11. The maximum atomic E-state index is 12.3. The standard InChI is InChI=1S/C22H22ClNO5/c1-3-14-9-21(26)29-19-11-20(17(23)10-16(14)19)28-13(2)22(27)24-12-18(25)15-7-5-4-6-8-15/h4-11,13,18,25H,3,12H2,1-2H3,(H,24,27)/t13-,18-/m0/s1. The number of carbonyl (C=O) groups excluding carboxylic acids is 1. The summed E-state index contributed by atoms with van der Waals surface area (Å²) in [5, 5.41) is 13.9. The van der Waals surface area contributed by atoms with Crippen LogP contribution in [0.2, 0.25) is 5.02 Å². The van der Waals surface area contributed by atoms with Gasteiger partial charge in [-0.25, -0.2) is 4.79 Å². The minimum atomic E-state index is -0.867. The number of hydrogen-bond donors (Lipinski definition) is 2. The summed E-state index contributed by atoms with van der Waals surface area (Å²) in [6.45, 7) is 3.56. The van der Waals surface area contributed by atoms with Crippen molar-refractivity contribution in [1.29, 1.82) is 0 Å². The van der Waals surface area contributed by atoms with Crippen molar-refractivity contribution in [3.63, 3.8) is 0 Å². The number of hydrogen-bond acceptors (Lipinski definition) is 5. The SMILES string of the molecule is CCc1cc(=O)oc2cc(O[C@@H](C)C(=O)NC[C@H](O)c3ccccc3)c(Cl)cc12. The highest BCUT2D eigenvalue weighted by molar-refractivity contribution is 6.32. The normalized spacial score (nSPS) is 13.1. The number of nitrogens with one attached hydrogen (secondary N) is 1. The van der Waals surface area contributed by atoms with Gasteiger partial charge in [-0.15, -0.1) is 0 Å². The van der Waals surface area contributed by atoms with Gasteiger partial charge in [-0.2, -0.15) is 0 Å². The molecule has 7 heteroatoms. The van der Waals surface area contributed by atoms with Gasteiger partial charge in [0.05, 0.1) is 11.1 Å². The molecule has 0 saturated carbocycles. The van der Waals surface area contributed by atoms with Crippen molar-refractivity contribution in [3.05, 3.63) is 75.1 Å². The molecular formula is C22H22ClNO5. The van der Waals surface area contributed by atoms with Crippen molar-refractivity contribution in [2.45, 2.75) is 32.5 Å². The zero-order valence-corrected chi connectivity index (χ0v) is 16.9. The summed E-state index contributed by atoms with van der Waals surface area (Å²) in [5.74, 6) is -0.165. The van der Waals surface area contributed by atoms with Crippen LogP contribution in [0.15, 0.2) is 57.7 Å². The molecule has 0 bridgehead atoms. The van der Waals surface area contributed by atoms with Crippen molar-refractivity contribution < 1.29 is 19.1 Å². The van der Waals surface area contributed by atoms with E-state index in [0.717, 1.165) is 10.9 Å². The molecule has 3 rings (SSSR count). The van der Waals surface area contributed by atoms with Gasteiger partial charge in [-0.1, -0.05) is 48.9 Å². The molecule has 6 nitrogen and oxygen atoms in total. The highest BCUT2D eigenvalue weighted by Gasteiger charge is 2.19. The Morgan fingerprint density at radius 1 is 1.24 bits per heavy atom. The van der Waals surface area contributed by atoms with E-state index in [9.17, 15) is 14.7 Å². The van der Waals surface area contributed by atoms with Crippen molar-refractivity contribution in [1.82, 2.24) is 5.32 Å². The lowest BCUT2D eigenvalue weighted by Crippen LogP contribution is -2.38. The van der Waals surface area contributed by atoms with E-state index >= 15 is 0 Å². The highest BCUT2D eigenvalue weighted by Crippen LogP contribution is 2.32. The van der Waals surface area contributed by atoms with Crippen LogP contribution in [-0.4, -0.2) is 23.7 Å². The molecular weight excluding hydrogens is 394 g/mol. The molecule has 0 saturated heterocycles. The third kappa shape index (κ3) is 4.96. The Morgan fingerprint density at radius 3 is 2.66 bits per heavy atom. The predicted octanol–water partition coefficient (Wildman–Crippen LogP) is 3.63. The Morgan fingerprint density at radius 2 is 1.97 bits per heavy atom. The monoisotopic (exact) mass is 415 g/mol. The number of halogens is 1. The predicted molar refractivity (Wildman–Crippen MR) is 111 cm³/mol. The van der Waals surface area contributed by atoms with Crippen molar-refractivity contribution in [3.8, 4) is 5.75 Å². The molecule has 1 heterocycles. The van der Waals surface area contributed by atoms with Crippen molar-refractivity contribution in [2.24, 2.45) is 0 Å². The molecule has 3 aromatic rings. The summed E-state index contributed by atoms with van der Waals surface area (Å²) >= 11 is 6.31. The molecule has 0 aliphatic carbocycles. The Hall–Kier alpha value is -2.83. The van der Waals surface area contributed by atoms with E-state index in [4.69, 9.17) is 20.8 Å². The summed E-state index contributed by atoms with van der Waals surface area (Å²) in [6.07, 6.45) is -1.03. The lowest BCUT2D eigenvalue weighted by atomic mass is 10.1. The van der Waals surface area contributed by atoms with Crippen LogP contribution in [0.3, 0.4) is 0 Å². The van der Waals surface area contributed by atoms with Gasteiger partial charge in [0.15, 0.2) is 6.10 Å². The Balaban J connectivity index is 1.70. The number of rotatable bonds is 7. The van der Waals surface area contributed by atoms with Gasteiger partial charge in [-0.3, -0.25) is 4.79 Å². The smallest absolute Gasteiger partial charge is 0.336 e. The van der Waals surface area contributed by atoms with Crippen LogP contribution in [0.1, 0.15) is 31.1 Å². The first-order valence-electron chi connectivity index (χ1n) is 9.32. The lowest BCUT2D eigenvalue weighted by molar-refractivity contribution is -0.127. The van der Waals surface area contributed by atoms with Crippen LogP contribution in [0.4, 0.5) is 0 Å². The first-order valence-corrected chi connectivity index (χ1v) is 9.70. The molecule has 0 aliphatic rings. The molecule has 2 N–H and O–H groups in total. The number of amides is 1. The van der Waals surface area contributed by atoms with Gasteiger partial charge in [0.1, 0.15) is 11.3 Å². The highest BCUT2D eigenvalue weighted by atomic mass is 35.5. The largest absolute Gasteiger partial charge is 0.479 e. The number of ether oxygens (including phenoxy) is 1. The molecule has 152 valence electrons. The summed E-state index contributed by atoms with van der Waals surface area (Å²) < 4.78 is 10.9. The average Bonchev–Trinajstić information content (AvgIpc) is 2.72. The van der Waals surface area contributed by atoms with Crippen LogP contribution in [0.25, 0.3) is 11.0 Å². The Kier molecular flexibility index (Phi) is 6.56. The summed E-state index contributed by atoms with van der Waals surface area (Å²) in [7, 11) is 0. The van der Waals surface area contributed by atoms with Gasteiger partial charge in [-0.05, 0) is 30.5 Å². The van der Waals surface area contributed by atoms with Gasteiger partial charge >= 0.3 is 5.63 Å². The zero-order valence-electron chi connectivity index (χ0n) is 16.1. The van der Waals surface area contributed by atoms with Gasteiger partial charge in [0.25, 0.3) is 5.91 Å². The average molecular weight is 416 g/mol. The molecule has 2 atom stereocenters. The molecule has 2 aromatic carbocycles. The fourth-order valence-electron chi connectivity index (χ4n) is 2.99. The summed E-state index contributed by atoms with van der Waals surface area (Å²) in [5.41, 5.74) is 1.43. The maximum Gasteiger partial charge on any atom is 0.336 e. The third-order valence-corrected chi connectivity index (χ3v) is 4.89. The third-order valence-electron chi connectivity index (χ3n) is 4.59. The topological polar surface area (TPSA) is 88.8 Å². The summed E-state index contributed by atoms with van der Waals surface area (Å²) in [6, 6.07) is 13.7. The lowest BCUT2D eigenvalue weighted by Gasteiger charge is -2.18. The molecule has 0 spiro atoms. The number of carbonyl (C=O) groups is 1. The molecule has 1 aromatic heterocycles. The molecule has 29 heavy (non-hydrogen) atoms. The van der Waals surface area contributed by atoms with E-state index in [2.05, 4.69) is 5.32 Å². The van der Waals surface area contributed by atoms with Crippen LogP contribution in [-0.2, 0) is 11.2 Å². The second-order valence-corrected chi connectivity index (χ2v) is 7.06. The first kappa shape index (κ1) is 20.9. The summed E-state index contributed by atoms with van der Waals surface area (Å²) in [4.78, 5) is 24.1. The van der Waals surface area contributed by atoms with Gasteiger partial charge in [0.2, 0.25) is 0 Å². The number of aliphatic hydroxyl groups excluding tert-OH is 1. The second-order valence-electron chi connectivity index (χ2n) is 6.65. The minimum absolute atomic E-state index is 0.0523. The van der Waals surface area contributed by atoms with E-state index in [1.54, 1.807) is 25.1 Å². The van der Waals surface area contributed by atoms with Gasteiger partial charge < -0.3 is 19.6 Å². The molecule has 1 amide bonds. The van der Waals surface area contributed by atoms with Crippen LogP contribution < -0.4 is 15.7 Å². The molecule has 0 aliphatic heterocycles. The van der Waals surface area contributed by atoms with E-state index in [1.165, 1.54) is 12.1 Å².